The van der Waals surface area contributed by atoms with E-state index in [0.29, 0.717) is 6.42 Å². The summed E-state index contributed by atoms with van der Waals surface area (Å²) in [5.41, 5.74) is -0.860. The predicted molar refractivity (Wildman–Crippen MR) is 89.7 cm³/mol. The van der Waals surface area contributed by atoms with Crippen molar-refractivity contribution in [2.75, 3.05) is 5.32 Å². The Balaban J connectivity index is 2.16. The summed E-state index contributed by atoms with van der Waals surface area (Å²) < 4.78 is 37.6. The van der Waals surface area contributed by atoms with E-state index in [-0.39, 0.29) is 11.6 Å². The number of nitrogens with one attached hydrogen (secondary N) is 1. The molecule has 0 aromatic carbocycles. The predicted octanol–water partition coefficient (Wildman–Crippen LogP) is 5.96. The van der Waals surface area contributed by atoms with Gasteiger partial charge >= 0.3 is 6.18 Å². The van der Waals surface area contributed by atoms with Gasteiger partial charge in [-0.3, -0.25) is 9.78 Å². The van der Waals surface area contributed by atoms with Gasteiger partial charge in [0.2, 0.25) is 5.91 Å². The maximum absolute atomic E-state index is 12.5. The molecule has 1 aromatic rings. The average molecular weight is 344 g/mol. The van der Waals surface area contributed by atoms with Crippen LogP contribution in [0.15, 0.2) is 18.3 Å². The highest BCUT2D eigenvalue weighted by Crippen LogP contribution is 2.28. The molecule has 0 aliphatic carbocycles. The van der Waals surface area contributed by atoms with E-state index in [0.717, 1.165) is 31.5 Å². The fourth-order valence-corrected chi connectivity index (χ4v) is 2.48. The lowest BCUT2D eigenvalue weighted by Crippen LogP contribution is -2.13. The lowest BCUT2D eigenvalue weighted by molar-refractivity contribution is -0.141. The van der Waals surface area contributed by atoms with Crippen molar-refractivity contribution in [3.63, 3.8) is 0 Å². The van der Waals surface area contributed by atoms with Crippen molar-refractivity contribution < 1.29 is 18.0 Å². The summed E-state index contributed by atoms with van der Waals surface area (Å²) in [6, 6.07) is 2.22. The number of pyridine rings is 1. The van der Waals surface area contributed by atoms with E-state index in [1.165, 1.54) is 44.6 Å². The third kappa shape index (κ3) is 8.89. The van der Waals surface area contributed by atoms with Crippen molar-refractivity contribution in [2.24, 2.45) is 0 Å². The van der Waals surface area contributed by atoms with Crippen molar-refractivity contribution in [3.05, 3.63) is 24.0 Å². The third-order valence-electron chi connectivity index (χ3n) is 3.84. The summed E-state index contributed by atoms with van der Waals surface area (Å²) in [6.07, 6.45) is 7.27. The largest absolute Gasteiger partial charge is 0.433 e. The summed E-state index contributed by atoms with van der Waals surface area (Å²) in [4.78, 5) is 15.0. The molecule has 3 nitrogen and oxygen atoms in total. The van der Waals surface area contributed by atoms with E-state index in [9.17, 15) is 18.0 Å². The van der Waals surface area contributed by atoms with E-state index in [1.807, 2.05) is 0 Å². The van der Waals surface area contributed by atoms with Gasteiger partial charge in [0.15, 0.2) is 0 Å². The first-order valence-electron chi connectivity index (χ1n) is 8.76. The molecule has 24 heavy (non-hydrogen) atoms. The smallest absolute Gasteiger partial charge is 0.326 e. The summed E-state index contributed by atoms with van der Waals surface area (Å²) in [6.45, 7) is 2.20. The molecule has 0 aliphatic rings. The van der Waals surface area contributed by atoms with Gasteiger partial charge in [-0.2, -0.15) is 13.2 Å². The van der Waals surface area contributed by atoms with Crippen LogP contribution in [0.5, 0.6) is 0 Å². The van der Waals surface area contributed by atoms with Gasteiger partial charge in [-0.15, -0.1) is 0 Å². The van der Waals surface area contributed by atoms with Gasteiger partial charge < -0.3 is 5.32 Å². The number of anilines is 1. The fraction of sp³-hybridized carbons (Fsp3) is 0.667. The number of halogens is 3. The molecule has 6 heteroatoms. The molecule has 1 N–H and O–H groups in total. The maximum Gasteiger partial charge on any atom is 0.433 e. The van der Waals surface area contributed by atoms with Gasteiger partial charge in [-0.25, -0.2) is 0 Å². The van der Waals surface area contributed by atoms with Gasteiger partial charge in [-0.05, 0) is 18.6 Å². The van der Waals surface area contributed by atoms with Crippen molar-refractivity contribution in [1.29, 1.82) is 0 Å². The number of alkyl halides is 3. The van der Waals surface area contributed by atoms with Crippen LogP contribution >= 0.6 is 0 Å². The van der Waals surface area contributed by atoms with Crippen LogP contribution in [0, 0.1) is 0 Å². The zero-order valence-corrected chi connectivity index (χ0v) is 14.3. The maximum atomic E-state index is 12.5. The molecular formula is C18H27F3N2O. The van der Waals surface area contributed by atoms with Gasteiger partial charge in [0.25, 0.3) is 0 Å². The molecule has 0 saturated heterocycles. The molecule has 0 spiro atoms. The van der Waals surface area contributed by atoms with E-state index in [2.05, 4.69) is 17.2 Å². The molecule has 0 saturated carbocycles. The minimum absolute atomic E-state index is 0.137. The van der Waals surface area contributed by atoms with Gasteiger partial charge in [-0.1, -0.05) is 58.3 Å². The highest BCUT2D eigenvalue weighted by molar-refractivity contribution is 5.90. The quantitative estimate of drug-likeness (QED) is 0.503. The summed E-state index contributed by atoms with van der Waals surface area (Å²) in [5.74, 6) is -0.253. The van der Waals surface area contributed by atoms with Crippen LogP contribution in [0.4, 0.5) is 18.9 Å². The molecule has 0 bridgehead atoms. The number of carbonyl (C=O) groups is 1. The summed E-state index contributed by atoms with van der Waals surface area (Å²) in [7, 11) is 0. The summed E-state index contributed by atoms with van der Waals surface area (Å²) in [5, 5.41) is 2.50. The van der Waals surface area contributed by atoms with Crippen molar-refractivity contribution in [2.45, 2.75) is 77.3 Å². The fourth-order valence-electron chi connectivity index (χ4n) is 2.48. The van der Waals surface area contributed by atoms with Crippen LogP contribution in [0.1, 0.15) is 76.8 Å². The molecule has 136 valence electrons. The Hall–Kier alpha value is -1.59. The van der Waals surface area contributed by atoms with Crippen LogP contribution in [-0.2, 0) is 11.0 Å². The van der Waals surface area contributed by atoms with Crippen molar-refractivity contribution >= 4 is 11.6 Å². The van der Waals surface area contributed by atoms with Crippen molar-refractivity contribution in [1.82, 2.24) is 4.98 Å². The number of carbonyl (C=O) groups excluding carboxylic acids is 1. The monoisotopic (exact) mass is 344 g/mol. The molecule has 0 unspecified atom stereocenters. The Morgan fingerprint density at radius 2 is 1.62 bits per heavy atom. The molecule has 1 amide bonds. The van der Waals surface area contributed by atoms with Crippen LogP contribution in [0.2, 0.25) is 0 Å². The second-order valence-electron chi connectivity index (χ2n) is 6.05. The molecular weight excluding hydrogens is 317 g/mol. The lowest BCUT2D eigenvalue weighted by Gasteiger charge is -2.09. The Labute approximate surface area is 142 Å². The van der Waals surface area contributed by atoms with E-state index in [4.69, 9.17) is 0 Å². The number of nitrogens with zero attached hydrogens (tertiary/aromatic N) is 1. The number of unbranched alkanes of at least 4 members (excludes halogenated alkanes) is 8. The standard InChI is InChI=1S/C18H27F3N2O/c1-2-3-4-5-6-7-8-9-10-11-17(24)23-15-12-13-22-16(14-15)18(19,20)21/h12-14H,2-11H2,1H3,(H,22,23,24). The molecule has 1 heterocycles. The molecule has 0 aliphatic heterocycles. The average Bonchev–Trinajstić information content (AvgIpc) is 2.53. The number of hydrogen-bond donors (Lipinski definition) is 1. The second-order valence-corrected chi connectivity index (χ2v) is 6.05. The first-order valence-corrected chi connectivity index (χ1v) is 8.76. The minimum Gasteiger partial charge on any atom is -0.326 e. The SMILES string of the molecule is CCCCCCCCCCCC(=O)Nc1ccnc(C(F)(F)F)c1. The first kappa shape index (κ1) is 20.5. The molecule has 0 radical (unpaired) electrons. The second kappa shape index (κ2) is 11.0. The zero-order valence-electron chi connectivity index (χ0n) is 14.3. The van der Waals surface area contributed by atoms with Gasteiger partial charge in [0.1, 0.15) is 5.69 Å². The summed E-state index contributed by atoms with van der Waals surface area (Å²) >= 11 is 0. The highest BCUT2D eigenvalue weighted by atomic mass is 19.4. The van der Waals surface area contributed by atoms with Gasteiger partial charge in [0, 0.05) is 18.3 Å². The topological polar surface area (TPSA) is 42.0 Å². The number of amides is 1. The Kier molecular flexibility index (Phi) is 9.42. The Morgan fingerprint density at radius 1 is 1.04 bits per heavy atom. The van der Waals surface area contributed by atoms with E-state index >= 15 is 0 Å². The Bertz CT molecular complexity index is 489. The van der Waals surface area contributed by atoms with Crippen LogP contribution in [-0.4, -0.2) is 10.9 Å². The number of aromatic nitrogens is 1. The highest BCUT2D eigenvalue weighted by Gasteiger charge is 2.32. The van der Waals surface area contributed by atoms with Gasteiger partial charge in [0.05, 0.1) is 0 Å². The van der Waals surface area contributed by atoms with Crippen LogP contribution < -0.4 is 5.32 Å². The normalized spacial score (nSPS) is 11.5. The third-order valence-corrected chi connectivity index (χ3v) is 3.84. The molecule has 0 fully saturated rings. The van der Waals surface area contributed by atoms with E-state index < -0.39 is 11.9 Å². The number of hydrogen-bond acceptors (Lipinski definition) is 2. The molecule has 0 atom stereocenters. The Morgan fingerprint density at radius 3 is 2.21 bits per heavy atom. The first-order chi connectivity index (χ1) is 11.4. The number of rotatable bonds is 11. The molecule has 1 rings (SSSR count). The van der Waals surface area contributed by atoms with Crippen LogP contribution in [0.3, 0.4) is 0 Å². The van der Waals surface area contributed by atoms with Crippen molar-refractivity contribution in [3.8, 4) is 0 Å². The molecule has 1 aromatic heterocycles. The van der Waals surface area contributed by atoms with Crippen LogP contribution in [0.25, 0.3) is 0 Å². The zero-order chi connectivity index (χ0) is 17.8. The lowest BCUT2D eigenvalue weighted by atomic mass is 10.1. The minimum atomic E-state index is -4.50. The van der Waals surface area contributed by atoms with E-state index in [1.54, 1.807) is 0 Å².